The van der Waals surface area contributed by atoms with Crippen LogP contribution in [-0.4, -0.2) is 52.0 Å². The molecule has 0 aliphatic heterocycles. The van der Waals surface area contributed by atoms with Gasteiger partial charge in [0.05, 0.1) is 19.6 Å². The highest BCUT2D eigenvalue weighted by atomic mass is 32.2. The fourth-order valence-corrected chi connectivity index (χ4v) is 5.14. The molecule has 2 unspecified atom stereocenters. The summed E-state index contributed by atoms with van der Waals surface area (Å²) in [6.45, 7) is 6.52. The van der Waals surface area contributed by atoms with E-state index in [9.17, 15) is 14.4 Å². The van der Waals surface area contributed by atoms with Crippen LogP contribution in [0.2, 0.25) is 0 Å². The third-order valence-electron chi connectivity index (χ3n) is 5.81. The fraction of sp³-hybridized carbons (Fsp3) is 0.833. The minimum Gasteiger partial charge on any atom is -0.481 e. The Balaban J connectivity index is 3.05. The Labute approximate surface area is 159 Å². The molecule has 0 saturated heterocycles. The zero-order chi connectivity index (χ0) is 20.1. The van der Waals surface area contributed by atoms with E-state index in [0.717, 1.165) is 32.8 Å². The molecule has 0 aromatic rings. The largest absolute Gasteiger partial charge is 0.481 e. The normalized spacial score (nSPS) is 29.9. The Bertz CT molecular complexity index is 530. The maximum absolute atomic E-state index is 12.7. The summed E-state index contributed by atoms with van der Waals surface area (Å²) in [4.78, 5) is 35.8. The predicted molar refractivity (Wildman–Crippen MR) is 102 cm³/mol. The summed E-state index contributed by atoms with van der Waals surface area (Å²) in [5.74, 6) is -2.09. The lowest BCUT2D eigenvalue weighted by molar-refractivity contribution is -0.151. The molecular formula is C18H32N2O5S. The smallest absolute Gasteiger partial charge is 0.334 e. The molecule has 4 atom stereocenters. The standard InChI is InChI=1S/C18H32N2O5S/c1-11-7-5-6-8-12(2)17(11,3)26-10-18(20,16(24)25-4)15(23)13(19)9-14(21)22/h11-13H,5-10,19-20H2,1-4H3,(H,21,22)/t11?,12?,13-,17?,18+/m0/s1. The van der Waals surface area contributed by atoms with Crippen molar-refractivity contribution in [3.05, 3.63) is 0 Å². The van der Waals surface area contributed by atoms with Gasteiger partial charge in [-0.05, 0) is 31.6 Å². The Hall–Kier alpha value is -1.12. The van der Waals surface area contributed by atoms with Crippen LogP contribution in [0.3, 0.4) is 0 Å². The number of carboxylic acid groups (broad SMARTS) is 1. The molecule has 0 spiro atoms. The van der Waals surface area contributed by atoms with E-state index in [4.69, 9.17) is 21.3 Å². The molecule has 5 N–H and O–H groups in total. The van der Waals surface area contributed by atoms with E-state index in [2.05, 4.69) is 20.8 Å². The molecule has 150 valence electrons. The first-order valence-corrected chi connectivity index (χ1v) is 10.0. The molecule has 0 radical (unpaired) electrons. The summed E-state index contributed by atoms with van der Waals surface area (Å²) >= 11 is 1.49. The highest BCUT2D eigenvalue weighted by Crippen LogP contribution is 2.47. The van der Waals surface area contributed by atoms with Gasteiger partial charge in [-0.1, -0.05) is 26.7 Å². The van der Waals surface area contributed by atoms with Gasteiger partial charge in [0, 0.05) is 10.5 Å². The molecule has 1 saturated carbocycles. The molecule has 1 rings (SSSR count). The van der Waals surface area contributed by atoms with Gasteiger partial charge in [0.2, 0.25) is 0 Å². The molecule has 7 nitrogen and oxygen atoms in total. The van der Waals surface area contributed by atoms with E-state index < -0.39 is 35.7 Å². The molecule has 0 heterocycles. The van der Waals surface area contributed by atoms with Gasteiger partial charge in [-0.3, -0.25) is 9.59 Å². The molecule has 0 bridgehead atoms. The predicted octanol–water partition coefficient (Wildman–Crippen LogP) is 1.57. The Morgan fingerprint density at radius 2 is 1.77 bits per heavy atom. The molecular weight excluding hydrogens is 356 g/mol. The number of rotatable bonds is 8. The second kappa shape index (κ2) is 9.19. The van der Waals surface area contributed by atoms with Crippen molar-refractivity contribution in [1.29, 1.82) is 0 Å². The molecule has 1 aliphatic carbocycles. The summed E-state index contributed by atoms with van der Waals surface area (Å²) in [5.41, 5.74) is 9.90. The third kappa shape index (κ3) is 4.98. The average molecular weight is 389 g/mol. The van der Waals surface area contributed by atoms with Crippen molar-refractivity contribution in [2.24, 2.45) is 23.3 Å². The third-order valence-corrected chi connectivity index (χ3v) is 7.84. The zero-order valence-electron chi connectivity index (χ0n) is 16.1. The second-order valence-electron chi connectivity index (χ2n) is 7.59. The minimum absolute atomic E-state index is 0.0109. The van der Waals surface area contributed by atoms with Gasteiger partial charge in [-0.2, -0.15) is 11.8 Å². The van der Waals surface area contributed by atoms with E-state index in [1.807, 2.05) is 0 Å². The van der Waals surface area contributed by atoms with Gasteiger partial charge in [0.15, 0.2) is 11.3 Å². The number of carbonyl (C=O) groups is 3. The number of ether oxygens (including phenoxy) is 1. The van der Waals surface area contributed by atoms with E-state index in [1.165, 1.54) is 11.8 Å². The quantitative estimate of drug-likeness (QED) is 0.324. The van der Waals surface area contributed by atoms with Gasteiger partial charge in [-0.15, -0.1) is 0 Å². The van der Waals surface area contributed by atoms with Gasteiger partial charge >= 0.3 is 11.9 Å². The van der Waals surface area contributed by atoms with Crippen molar-refractivity contribution in [1.82, 2.24) is 0 Å². The Morgan fingerprint density at radius 1 is 1.27 bits per heavy atom. The first-order valence-electron chi connectivity index (χ1n) is 9.02. The highest BCUT2D eigenvalue weighted by Gasteiger charge is 2.49. The van der Waals surface area contributed by atoms with Crippen molar-refractivity contribution in [2.75, 3.05) is 12.9 Å². The van der Waals surface area contributed by atoms with Crippen LogP contribution >= 0.6 is 11.8 Å². The number of hydrogen-bond donors (Lipinski definition) is 3. The van der Waals surface area contributed by atoms with Crippen LogP contribution in [0.5, 0.6) is 0 Å². The molecule has 0 aromatic heterocycles. The molecule has 0 aromatic carbocycles. The van der Waals surface area contributed by atoms with Crippen molar-refractivity contribution >= 4 is 29.5 Å². The van der Waals surface area contributed by atoms with Gasteiger partial charge < -0.3 is 21.3 Å². The number of nitrogens with two attached hydrogens (primary N) is 2. The van der Waals surface area contributed by atoms with Crippen molar-refractivity contribution in [3.8, 4) is 0 Å². The van der Waals surface area contributed by atoms with Gasteiger partial charge in [-0.25, -0.2) is 4.79 Å². The Morgan fingerprint density at radius 3 is 2.19 bits per heavy atom. The van der Waals surface area contributed by atoms with Gasteiger partial charge in [0.25, 0.3) is 0 Å². The van der Waals surface area contributed by atoms with Crippen LogP contribution in [0.15, 0.2) is 0 Å². The molecule has 26 heavy (non-hydrogen) atoms. The molecule has 0 amide bonds. The van der Waals surface area contributed by atoms with Crippen LogP contribution in [0.1, 0.15) is 52.9 Å². The van der Waals surface area contributed by atoms with Crippen LogP contribution in [0.25, 0.3) is 0 Å². The lowest BCUT2D eigenvalue weighted by Gasteiger charge is -2.41. The first-order chi connectivity index (χ1) is 12.0. The topological polar surface area (TPSA) is 133 Å². The van der Waals surface area contributed by atoms with Crippen LogP contribution in [0, 0.1) is 11.8 Å². The number of Topliss-reactive ketones (excluding diaryl/α,β-unsaturated/α-hetero) is 1. The zero-order valence-corrected chi connectivity index (χ0v) is 16.9. The van der Waals surface area contributed by atoms with Crippen LogP contribution in [-0.2, 0) is 19.1 Å². The summed E-state index contributed by atoms with van der Waals surface area (Å²) in [6.07, 6.45) is 3.90. The number of aliphatic carboxylic acids is 1. The van der Waals surface area contributed by atoms with Crippen LogP contribution in [0.4, 0.5) is 0 Å². The fourth-order valence-electron chi connectivity index (χ4n) is 3.54. The lowest BCUT2D eigenvalue weighted by Crippen LogP contribution is -2.63. The number of thioether (sulfide) groups is 1. The summed E-state index contributed by atoms with van der Waals surface area (Å²) in [5, 5.41) is 8.88. The molecule has 8 heteroatoms. The monoisotopic (exact) mass is 388 g/mol. The van der Waals surface area contributed by atoms with E-state index in [0.29, 0.717) is 11.8 Å². The first kappa shape index (κ1) is 22.9. The summed E-state index contributed by atoms with van der Waals surface area (Å²) < 4.78 is 4.60. The number of carboxylic acids is 1. The van der Waals surface area contributed by atoms with E-state index >= 15 is 0 Å². The maximum atomic E-state index is 12.7. The highest BCUT2D eigenvalue weighted by molar-refractivity contribution is 8.00. The average Bonchev–Trinajstić information content (AvgIpc) is 2.71. The summed E-state index contributed by atoms with van der Waals surface area (Å²) in [7, 11) is 1.16. The SMILES string of the molecule is COC(=O)[C@@](N)(CSC1(C)C(C)CCCCC1C)C(=O)[C@@H](N)CC(=O)O. The lowest BCUT2D eigenvalue weighted by atomic mass is 9.83. The summed E-state index contributed by atoms with van der Waals surface area (Å²) in [6, 6.07) is -1.35. The van der Waals surface area contributed by atoms with Gasteiger partial charge in [0.1, 0.15) is 0 Å². The number of hydrogen-bond acceptors (Lipinski definition) is 7. The number of carbonyl (C=O) groups excluding carboxylic acids is 2. The number of esters is 1. The maximum Gasteiger partial charge on any atom is 0.334 e. The van der Waals surface area contributed by atoms with Crippen molar-refractivity contribution in [2.45, 2.75) is 69.2 Å². The Kier molecular flexibility index (Phi) is 8.10. The van der Waals surface area contributed by atoms with E-state index in [1.54, 1.807) is 0 Å². The second-order valence-corrected chi connectivity index (χ2v) is 9.05. The number of methoxy groups -OCH3 is 1. The number of ketones is 1. The molecule has 1 fully saturated rings. The van der Waals surface area contributed by atoms with Crippen molar-refractivity contribution < 1.29 is 24.2 Å². The minimum atomic E-state index is -1.96. The van der Waals surface area contributed by atoms with Crippen LogP contribution < -0.4 is 11.5 Å². The van der Waals surface area contributed by atoms with Crippen molar-refractivity contribution in [3.63, 3.8) is 0 Å². The molecule has 1 aliphatic rings. The van der Waals surface area contributed by atoms with E-state index in [-0.39, 0.29) is 10.5 Å².